The van der Waals surface area contributed by atoms with Gasteiger partial charge in [0.25, 0.3) is 5.91 Å². The minimum Gasteiger partial charge on any atom is -0.355 e. The first-order valence-corrected chi connectivity index (χ1v) is 8.60. The van der Waals surface area contributed by atoms with E-state index >= 15 is 0 Å². The van der Waals surface area contributed by atoms with Gasteiger partial charge in [-0.1, -0.05) is 11.2 Å². The second-order valence-corrected chi connectivity index (χ2v) is 6.48. The molecule has 1 aliphatic rings. The molecule has 0 radical (unpaired) electrons. The van der Waals surface area contributed by atoms with Crippen LogP contribution in [0.25, 0.3) is 10.6 Å². The number of anilines is 1. The van der Waals surface area contributed by atoms with Gasteiger partial charge in [-0.2, -0.15) is 0 Å². The summed E-state index contributed by atoms with van der Waals surface area (Å²) < 4.78 is 5.25. The molecule has 4 heterocycles. The summed E-state index contributed by atoms with van der Waals surface area (Å²) in [4.78, 5) is 33.1. The summed E-state index contributed by atoms with van der Waals surface area (Å²) in [5.41, 5.74) is 0.951. The number of hydrogen-bond donors (Lipinski definition) is 0. The zero-order valence-corrected chi connectivity index (χ0v) is 14.0. The summed E-state index contributed by atoms with van der Waals surface area (Å²) >= 11 is 1.51. The molecule has 0 aliphatic carbocycles. The Morgan fingerprint density at radius 1 is 1.24 bits per heavy atom. The maximum absolute atomic E-state index is 12.6. The SMILES string of the molecule is O=C(c1cc(-c2cccs2)on1)N1CCN(c2cccnc2)C(=O)C1. The van der Waals surface area contributed by atoms with Crippen molar-refractivity contribution in [1.82, 2.24) is 15.0 Å². The van der Waals surface area contributed by atoms with E-state index in [0.717, 1.165) is 10.6 Å². The van der Waals surface area contributed by atoms with Crippen LogP contribution in [0.5, 0.6) is 0 Å². The van der Waals surface area contributed by atoms with Crippen molar-refractivity contribution in [3.8, 4) is 10.6 Å². The molecule has 0 atom stereocenters. The van der Waals surface area contributed by atoms with Gasteiger partial charge in [0, 0.05) is 25.4 Å². The number of carbonyl (C=O) groups excluding carboxylic acids is 2. The highest BCUT2D eigenvalue weighted by atomic mass is 32.1. The van der Waals surface area contributed by atoms with Crippen LogP contribution in [0.15, 0.2) is 52.6 Å². The molecular formula is C17H14N4O3S. The lowest BCUT2D eigenvalue weighted by Crippen LogP contribution is -2.52. The van der Waals surface area contributed by atoms with E-state index in [0.29, 0.717) is 18.8 Å². The van der Waals surface area contributed by atoms with E-state index in [1.54, 1.807) is 29.4 Å². The molecule has 0 N–H and O–H groups in total. The molecule has 0 bridgehead atoms. The van der Waals surface area contributed by atoms with Crippen molar-refractivity contribution in [3.63, 3.8) is 0 Å². The van der Waals surface area contributed by atoms with Gasteiger partial charge in [-0.15, -0.1) is 11.3 Å². The van der Waals surface area contributed by atoms with Gasteiger partial charge in [-0.3, -0.25) is 14.6 Å². The highest BCUT2D eigenvalue weighted by Gasteiger charge is 2.30. The van der Waals surface area contributed by atoms with Crippen molar-refractivity contribution in [2.45, 2.75) is 0 Å². The van der Waals surface area contributed by atoms with Crippen molar-refractivity contribution >= 4 is 28.8 Å². The quantitative estimate of drug-likeness (QED) is 0.721. The standard InChI is InChI=1S/C17H14N4O3S/c22-16-11-20(6-7-21(16)12-3-1-5-18-10-12)17(23)13-9-14(24-19-13)15-4-2-8-25-15/h1-5,8-10H,6-7,11H2. The van der Waals surface area contributed by atoms with Gasteiger partial charge >= 0.3 is 0 Å². The lowest BCUT2D eigenvalue weighted by atomic mass is 10.2. The van der Waals surface area contributed by atoms with Crippen molar-refractivity contribution < 1.29 is 14.1 Å². The van der Waals surface area contributed by atoms with Crippen LogP contribution >= 0.6 is 11.3 Å². The second kappa shape index (κ2) is 6.48. The molecule has 3 aromatic heterocycles. The third kappa shape index (κ3) is 3.03. The molecule has 1 saturated heterocycles. The molecule has 0 unspecified atom stereocenters. The van der Waals surface area contributed by atoms with Crippen LogP contribution in [-0.4, -0.2) is 46.5 Å². The molecule has 0 saturated carbocycles. The lowest BCUT2D eigenvalue weighted by Gasteiger charge is -2.33. The predicted octanol–water partition coefficient (Wildman–Crippen LogP) is 2.29. The van der Waals surface area contributed by atoms with E-state index < -0.39 is 0 Å². The van der Waals surface area contributed by atoms with E-state index in [-0.39, 0.29) is 24.1 Å². The summed E-state index contributed by atoms with van der Waals surface area (Å²) in [6.07, 6.45) is 3.30. The summed E-state index contributed by atoms with van der Waals surface area (Å²) in [5.74, 6) is 0.110. The van der Waals surface area contributed by atoms with Gasteiger partial charge in [0.05, 0.1) is 16.8 Å². The van der Waals surface area contributed by atoms with E-state index in [1.807, 2.05) is 23.6 Å². The smallest absolute Gasteiger partial charge is 0.276 e. The van der Waals surface area contributed by atoms with Gasteiger partial charge < -0.3 is 14.3 Å². The predicted molar refractivity (Wildman–Crippen MR) is 92.3 cm³/mol. The maximum Gasteiger partial charge on any atom is 0.276 e. The van der Waals surface area contributed by atoms with Crippen LogP contribution in [-0.2, 0) is 4.79 Å². The molecule has 2 amide bonds. The normalized spacial score (nSPS) is 14.8. The molecular weight excluding hydrogens is 340 g/mol. The average Bonchev–Trinajstić information content (AvgIpc) is 3.33. The summed E-state index contributed by atoms with van der Waals surface area (Å²) in [7, 11) is 0. The van der Waals surface area contributed by atoms with E-state index in [4.69, 9.17) is 4.52 Å². The topological polar surface area (TPSA) is 79.5 Å². The van der Waals surface area contributed by atoms with Crippen molar-refractivity contribution in [1.29, 1.82) is 0 Å². The van der Waals surface area contributed by atoms with Crippen LogP contribution < -0.4 is 4.90 Å². The number of piperazine rings is 1. The highest BCUT2D eigenvalue weighted by Crippen LogP contribution is 2.26. The number of thiophene rings is 1. The van der Waals surface area contributed by atoms with E-state index in [9.17, 15) is 9.59 Å². The Morgan fingerprint density at radius 2 is 2.16 bits per heavy atom. The number of pyridine rings is 1. The third-order valence-corrected chi connectivity index (χ3v) is 4.84. The van der Waals surface area contributed by atoms with E-state index in [1.165, 1.54) is 16.2 Å². The first kappa shape index (κ1) is 15.5. The van der Waals surface area contributed by atoms with Gasteiger partial charge in [0.1, 0.15) is 6.54 Å². The minimum absolute atomic E-state index is 0.00885. The summed E-state index contributed by atoms with van der Waals surface area (Å²) in [5, 5.41) is 5.78. The first-order chi connectivity index (χ1) is 12.2. The lowest BCUT2D eigenvalue weighted by molar-refractivity contribution is -0.120. The summed E-state index contributed by atoms with van der Waals surface area (Å²) in [6, 6.07) is 9.02. The van der Waals surface area contributed by atoms with Gasteiger partial charge in [0.2, 0.25) is 5.91 Å². The van der Waals surface area contributed by atoms with Crippen molar-refractivity contribution in [3.05, 3.63) is 53.8 Å². The molecule has 126 valence electrons. The second-order valence-electron chi connectivity index (χ2n) is 5.54. The van der Waals surface area contributed by atoms with Crippen LogP contribution in [0.3, 0.4) is 0 Å². The number of amides is 2. The van der Waals surface area contributed by atoms with Gasteiger partial charge in [0.15, 0.2) is 11.5 Å². The largest absolute Gasteiger partial charge is 0.355 e. The molecule has 7 nitrogen and oxygen atoms in total. The fraction of sp³-hybridized carbons (Fsp3) is 0.176. The average molecular weight is 354 g/mol. The van der Waals surface area contributed by atoms with Crippen LogP contribution in [0.1, 0.15) is 10.5 Å². The van der Waals surface area contributed by atoms with E-state index in [2.05, 4.69) is 10.1 Å². The van der Waals surface area contributed by atoms with Gasteiger partial charge in [-0.25, -0.2) is 0 Å². The highest BCUT2D eigenvalue weighted by molar-refractivity contribution is 7.13. The zero-order chi connectivity index (χ0) is 17.2. The Morgan fingerprint density at radius 3 is 2.88 bits per heavy atom. The Hall–Kier alpha value is -3.00. The Balaban J connectivity index is 1.47. The monoisotopic (exact) mass is 354 g/mol. The molecule has 8 heteroatoms. The van der Waals surface area contributed by atoms with Crippen LogP contribution in [0.2, 0.25) is 0 Å². The van der Waals surface area contributed by atoms with Crippen molar-refractivity contribution in [2.75, 3.05) is 24.5 Å². The molecule has 0 spiro atoms. The number of rotatable bonds is 3. The summed E-state index contributed by atoms with van der Waals surface area (Å²) in [6.45, 7) is 0.863. The Bertz CT molecular complexity index is 892. The Kier molecular flexibility index (Phi) is 4.02. The number of hydrogen-bond acceptors (Lipinski definition) is 6. The molecule has 4 rings (SSSR count). The molecule has 25 heavy (non-hydrogen) atoms. The maximum atomic E-state index is 12.6. The first-order valence-electron chi connectivity index (χ1n) is 7.72. The minimum atomic E-state index is -0.300. The van der Waals surface area contributed by atoms with Crippen LogP contribution in [0, 0.1) is 0 Å². The number of aromatic nitrogens is 2. The Labute approximate surface area is 147 Å². The molecule has 3 aromatic rings. The number of carbonyl (C=O) groups is 2. The fourth-order valence-corrected chi connectivity index (χ4v) is 3.38. The molecule has 0 aromatic carbocycles. The fourth-order valence-electron chi connectivity index (χ4n) is 2.71. The molecule has 1 fully saturated rings. The van der Waals surface area contributed by atoms with Crippen LogP contribution in [0.4, 0.5) is 5.69 Å². The van der Waals surface area contributed by atoms with Gasteiger partial charge in [-0.05, 0) is 23.6 Å². The van der Waals surface area contributed by atoms with Crippen molar-refractivity contribution in [2.24, 2.45) is 0 Å². The number of nitrogens with zero attached hydrogens (tertiary/aromatic N) is 4. The third-order valence-electron chi connectivity index (χ3n) is 3.96. The zero-order valence-electron chi connectivity index (χ0n) is 13.2. The molecule has 1 aliphatic heterocycles.